The lowest BCUT2D eigenvalue weighted by Gasteiger charge is -2.04. The second-order valence-corrected chi connectivity index (χ2v) is 5.35. The van der Waals surface area contributed by atoms with Crippen LogP contribution in [0.3, 0.4) is 0 Å². The molecule has 2 aromatic rings. The van der Waals surface area contributed by atoms with Crippen LogP contribution in [0.25, 0.3) is 0 Å². The minimum absolute atomic E-state index is 0.819. The summed E-state index contributed by atoms with van der Waals surface area (Å²) >= 11 is 1.78. The van der Waals surface area contributed by atoms with Gasteiger partial charge in [0.05, 0.1) is 18.6 Å². The van der Waals surface area contributed by atoms with Gasteiger partial charge in [-0.3, -0.25) is 0 Å². The molecule has 0 aromatic carbocycles. The summed E-state index contributed by atoms with van der Waals surface area (Å²) in [5.74, 6) is 3.04. The molecule has 2 heterocycles. The summed E-state index contributed by atoms with van der Waals surface area (Å²) < 4.78 is 7.81. The van der Waals surface area contributed by atoms with Crippen molar-refractivity contribution in [3.05, 3.63) is 42.4 Å². The Balaban J connectivity index is 1.53. The summed E-state index contributed by atoms with van der Waals surface area (Å²) in [4.78, 5) is 4.03. The van der Waals surface area contributed by atoms with Gasteiger partial charge in [0, 0.05) is 18.9 Å². The first-order valence-electron chi connectivity index (χ1n) is 6.61. The minimum atomic E-state index is 0.819. The fourth-order valence-corrected chi connectivity index (χ4v) is 2.35. The quantitative estimate of drug-likeness (QED) is 0.717. The van der Waals surface area contributed by atoms with Gasteiger partial charge in [-0.2, -0.15) is 11.8 Å². The molecular formula is C14H21N3OS. The molecule has 0 bridgehead atoms. The second kappa shape index (κ2) is 8.07. The molecule has 0 unspecified atom stereocenters. The molecule has 0 atom stereocenters. The van der Waals surface area contributed by atoms with E-state index in [1.807, 2.05) is 18.7 Å². The van der Waals surface area contributed by atoms with E-state index in [-0.39, 0.29) is 0 Å². The van der Waals surface area contributed by atoms with Gasteiger partial charge in [-0.05, 0) is 37.8 Å². The number of hydrogen-bond acceptors (Lipinski definition) is 4. The third-order valence-corrected chi connectivity index (χ3v) is 3.46. The van der Waals surface area contributed by atoms with E-state index in [1.165, 1.54) is 6.42 Å². The van der Waals surface area contributed by atoms with Crippen LogP contribution >= 0.6 is 11.8 Å². The van der Waals surface area contributed by atoms with E-state index >= 15 is 0 Å². The SMILES string of the molecule is CSCc1ccc(CNCCCCn2ccnc2)o1. The van der Waals surface area contributed by atoms with E-state index in [0.717, 1.165) is 43.3 Å². The predicted octanol–water partition coefficient (Wildman–Crippen LogP) is 2.91. The van der Waals surface area contributed by atoms with Crippen LogP contribution in [0, 0.1) is 0 Å². The topological polar surface area (TPSA) is 43.0 Å². The number of imidazole rings is 1. The number of nitrogens with zero attached hydrogens (tertiary/aromatic N) is 2. The highest BCUT2D eigenvalue weighted by atomic mass is 32.2. The van der Waals surface area contributed by atoms with Crippen LogP contribution in [0.15, 0.2) is 35.3 Å². The number of aryl methyl sites for hydroxylation is 1. The summed E-state index contributed by atoms with van der Waals surface area (Å²) in [7, 11) is 0. The molecule has 0 aliphatic carbocycles. The van der Waals surface area contributed by atoms with Gasteiger partial charge in [0.25, 0.3) is 0 Å². The molecule has 2 rings (SSSR count). The number of hydrogen-bond donors (Lipinski definition) is 1. The average molecular weight is 279 g/mol. The van der Waals surface area contributed by atoms with E-state index < -0.39 is 0 Å². The Bertz CT molecular complexity index is 453. The molecule has 19 heavy (non-hydrogen) atoms. The Kier molecular flexibility index (Phi) is 6.04. The molecule has 0 radical (unpaired) electrons. The largest absolute Gasteiger partial charge is 0.464 e. The van der Waals surface area contributed by atoms with Crippen LogP contribution in [0.5, 0.6) is 0 Å². The number of aromatic nitrogens is 2. The van der Waals surface area contributed by atoms with Crippen molar-refractivity contribution in [2.45, 2.75) is 31.7 Å². The predicted molar refractivity (Wildman–Crippen MR) is 79.1 cm³/mol. The van der Waals surface area contributed by atoms with E-state index in [1.54, 1.807) is 11.8 Å². The van der Waals surface area contributed by atoms with Gasteiger partial charge in [-0.25, -0.2) is 4.98 Å². The summed E-state index contributed by atoms with van der Waals surface area (Å²) in [6.45, 7) is 2.88. The van der Waals surface area contributed by atoms with Crippen molar-refractivity contribution < 1.29 is 4.42 Å². The van der Waals surface area contributed by atoms with Gasteiger partial charge in [0.15, 0.2) is 0 Å². The third kappa shape index (κ3) is 5.12. The van der Waals surface area contributed by atoms with Crippen LogP contribution in [-0.2, 0) is 18.8 Å². The number of thioether (sulfide) groups is 1. The summed E-state index contributed by atoms with van der Waals surface area (Å²) in [5.41, 5.74) is 0. The number of nitrogens with one attached hydrogen (secondary N) is 1. The standard InChI is InChI=1S/C14H21N3OS/c1-19-11-14-5-4-13(18-14)10-15-6-2-3-8-17-9-7-16-12-17/h4-5,7,9,12,15H,2-3,6,8,10-11H2,1H3. The van der Waals surface area contributed by atoms with E-state index in [4.69, 9.17) is 4.42 Å². The molecule has 0 fully saturated rings. The van der Waals surface area contributed by atoms with Gasteiger partial charge in [0.1, 0.15) is 11.5 Å². The molecule has 0 aliphatic rings. The van der Waals surface area contributed by atoms with Crippen LogP contribution in [0.1, 0.15) is 24.4 Å². The lowest BCUT2D eigenvalue weighted by molar-refractivity contribution is 0.455. The average Bonchev–Trinajstić information content (AvgIpc) is 3.06. The molecule has 5 heteroatoms. The van der Waals surface area contributed by atoms with E-state index in [9.17, 15) is 0 Å². The monoisotopic (exact) mass is 279 g/mol. The Morgan fingerprint density at radius 3 is 3.00 bits per heavy atom. The molecule has 0 spiro atoms. The first-order valence-corrected chi connectivity index (χ1v) is 8.01. The first kappa shape index (κ1) is 14.2. The van der Waals surface area contributed by atoms with Crippen molar-refractivity contribution in [1.29, 1.82) is 0 Å². The molecule has 0 saturated carbocycles. The van der Waals surface area contributed by atoms with Crippen molar-refractivity contribution in [3.63, 3.8) is 0 Å². The van der Waals surface area contributed by atoms with Crippen LogP contribution in [0.4, 0.5) is 0 Å². The van der Waals surface area contributed by atoms with Crippen molar-refractivity contribution in [3.8, 4) is 0 Å². The van der Waals surface area contributed by atoms with Crippen molar-refractivity contribution in [2.75, 3.05) is 12.8 Å². The van der Waals surface area contributed by atoms with Gasteiger partial charge < -0.3 is 14.3 Å². The lowest BCUT2D eigenvalue weighted by Crippen LogP contribution is -2.14. The van der Waals surface area contributed by atoms with Crippen molar-refractivity contribution in [2.24, 2.45) is 0 Å². The Morgan fingerprint density at radius 2 is 2.21 bits per heavy atom. The van der Waals surface area contributed by atoms with Crippen LogP contribution in [0.2, 0.25) is 0 Å². The molecule has 0 amide bonds. The van der Waals surface area contributed by atoms with E-state index in [0.29, 0.717) is 0 Å². The maximum Gasteiger partial charge on any atom is 0.117 e. The molecule has 0 saturated heterocycles. The molecule has 104 valence electrons. The van der Waals surface area contributed by atoms with Gasteiger partial charge in [-0.1, -0.05) is 0 Å². The maximum absolute atomic E-state index is 5.69. The molecule has 0 aliphatic heterocycles. The first-order chi connectivity index (χ1) is 9.38. The summed E-state index contributed by atoms with van der Waals surface area (Å²) in [6.07, 6.45) is 10.1. The number of rotatable bonds is 9. The number of unbranched alkanes of at least 4 members (excludes halogenated alkanes) is 1. The summed E-state index contributed by atoms with van der Waals surface area (Å²) in [5, 5.41) is 3.41. The highest BCUT2D eigenvalue weighted by molar-refractivity contribution is 7.97. The third-order valence-electron chi connectivity index (χ3n) is 2.88. The zero-order chi connectivity index (χ0) is 13.3. The molecular weight excluding hydrogens is 258 g/mol. The molecule has 4 nitrogen and oxygen atoms in total. The second-order valence-electron chi connectivity index (χ2n) is 4.49. The fraction of sp³-hybridized carbons (Fsp3) is 0.500. The van der Waals surface area contributed by atoms with Crippen molar-refractivity contribution in [1.82, 2.24) is 14.9 Å². The fourth-order valence-electron chi connectivity index (χ4n) is 1.91. The maximum atomic E-state index is 5.69. The Labute approximate surface area is 118 Å². The smallest absolute Gasteiger partial charge is 0.117 e. The van der Waals surface area contributed by atoms with E-state index in [2.05, 4.69) is 33.3 Å². The van der Waals surface area contributed by atoms with Crippen molar-refractivity contribution >= 4 is 11.8 Å². The van der Waals surface area contributed by atoms with Gasteiger partial charge in [-0.15, -0.1) is 0 Å². The zero-order valence-corrected chi connectivity index (χ0v) is 12.2. The minimum Gasteiger partial charge on any atom is -0.464 e. The Morgan fingerprint density at radius 1 is 1.32 bits per heavy atom. The highest BCUT2D eigenvalue weighted by Crippen LogP contribution is 2.13. The normalized spacial score (nSPS) is 11.0. The van der Waals surface area contributed by atoms with Gasteiger partial charge in [0.2, 0.25) is 0 Å². The number of furan rings is 1. The Hall–Kier alpha value is -1.20. The van der Waals surface area contributed by atoms with Crippen LogP contribution < -0.4 is 5.32 Å². The molecule has 1 N–H and O–H groups in total. The lowest BCUT2D eigenvalue weighted by atomic mass is 10.3. The van der Waals surface area contributed by atoms with Crippen LogP contribution in [-0.4, -0.2) is 22.4 Å². The highest BCUT2D eigenvalue weighted by Gasteiger charge is 2.00. The zero-order valence-electron chi connectivity index (χ0n) is 11.3. The van der Waals surface area contributed by atoms with Gasteiger partial charge >= 0.3 is 0 Å². The molecule has 2 aromatic heterocycles. The summed E-state index contributed by atoms with van der Waals surface area (Å²) in [6, 6.07) is 4.12.